The lowest BCUT2D eigenvalue weighted by Crippen LogP contribution is -2.48. The molecule has 0 saturated heterocycles. The molecule has 14 nitrogen and oxygen atoms in total. The number of esters is 1. The number of anilines is 3. The van der Waals surface area contributed by atoms with Gasteiger partial charge >= 0.3 is 23.8 Å². The van der Waals surface area contributed by atoms with Gasteiger partial charge in [-0.1, -0.05) is 23.7 Å². The van der Waals surface area contributed by atoms with E-state index >= 15 is 0 Å². The highest BCUT2D eigenvalue weighted by Gasteiger charge is 2.45. The van der Waals surface area contributed by atoms with Crippen molar-refractivity contribution in [3.8, 4) is 6.01 Å². The largest absolute Gasteiger partial charge is 0.469 e. The quantitative estimate of drug-likeness (QED) is 0.144. The van der Waals surface area contributed by atoms with E-state index in [2.05, 4.69) is 41.0 Å². The van der Waals surface area contributed by atoms with Crippen molar-refractivity contribution in [1.29, 1.82) is 0 Å². The van der Waals surface area contributed by atoms with Crippen LogP contribution in [0.4, 0.5) is 26.4 Å². The Bertz CT molecular complexity index is 1630. The van der Waals surface area contributed by atoms with Gasteiger partial charge in [0.05, 0.1) is 25.1 Å². The molecule has 0 radical (unpaired) electrons. The summed E-state index contributed by atoms with van der Waals surface area (Å²) in [6.07, 6.45) is 1.29. The third kappa shape index (κ3) is 10.2. The predicted molar refractivity (Wildman–Crippen MR) is 171 cm³/mol. The number of alkyl halides is 2. The molecule has 1 aliphatic rings. The zero-order valence-corrected chi connectivity index (χ0v) is 27.4. The van der Waals surface area contributed by atoms with Crippen LogP contribution in [0.2, 0.25) is 5.02 Å². The van der Waals surface area contributed by atoms with Gasteiger partial charge < -0.3 is 35.6 Å². The lowest BCUT2D eigenvalue weighted by atomic mass is 10.1. The van der Waals surface area contributed by atoms with Crippen molar-refractivity contribution >= 4 is 52.9 Å². The van der Waals surface area contributed by atoms with Crippen molar-refractivity contribution in [2.75, 3.05) is 45.0 Å². The van der Waals surface area contributed by atoms with Crippen molar-refractivity contribution < 1.29 is 37.4 Å². The number of nitrogens with zero attached hydrogens (tertiary/aromatic N) is 4. The van der Waals surface area contributed by atoms with Crippen LogP contribution >= 0.6 is 11.6 Å². The van der Waals surface area contributed by atoms with Crippen LogP contribution < -0.4 is 26.0 Å². The summed E-state index contributed by atoms with van der Waals surface area (Å²) in [5, 5.41) is 11.9. The first-order valence-corrected chi connectivity index (χ1v) is 15.1. The molecule has 4 rings (SSSR count). The van der Waals surface area contributed by atoms with Gasteiger partial charge in [0.15, 0.2) is 6.61 Å². The molecule has 1 aliphatic carbocycles. The van der Waals surface area contributed by atoms with Crippen LogP contribution in [0.3, 0.4) is 0 Å². The van der Waals surface area contributed by atoms with E-state index < -0.39 is 47.8 Å². The van der Waals surface area contributed by atoms with E-state index in [1.807, 2.05) is 12.1 Å². The molecular formula is C31H35ClF2N8O6. The number of halogens is 3. The Morgan fingerprint density at radius 3 is 2.23 bits per heavy atom. The first-order chi connectivity index (χ1) is 22.7. The smallest absolute Gasteiger partial charge is 0.323 e. The molecule has 1 fully saturated rings. The molecular weight excluding hydrogens is 654 g/mol. The normalized spacial score (nSPS) is 13.8. The maximum Gasteiger partial charge on any atom is 0.323 e. The van der Waals surface area contributed by atoms with E-state index in [9.17, 15) is 28.0 Å². The second-order valence-corrected chi connectivity index (χ2v) is 11.8. The second-order valence-electron chi connectivity index (χ2n) is 11.4. The first-order valence-electron chi connectivity index (χ1n) is 14.7. The number of carbonyl (C=O) groups excluding carboxylic acids is 4. The van der Waals surface area contributed by atoms with Gasteiger partial charge in [-0.15, -0.1) is 0 Å². The Labute approximate surface area is 280 Å². The van der Waals surface area contributed by atoms with Crippen molar-refractivity contribution in [1.82, 2.24) is 30.5 Å². The van der Waals surface area contributed by atoms with Gasteiger partial charge in [0.1, 0.15) is 0 Å². The van der Waals surface area contributed by atoms with Crippen LogP contribution in [0.25, 0.3) is 0 Å². The monoisotopic (exact) mass is 688 g/mol. The number of hydrogen-bond acceptors (Lipinski definition) is 11. The summed E-state index contributed by atoms with van der Waals surface area (Å²) in [4.78, 5) is 62.6. The lowest BCUT2D eigenvalue weighted by Gasteiger charge is -2.19. The molecule has 1 heterocycles. The average molecular weight is 689 g/mol. The fourth-order valence-corrected chi connectivity index (χ4v) is 4.50. The number of nitrogens with one attached hydrogen (secondary N) is 4. The van der Waals surface area contributed by atoms with E-state index in [0.717, 1.165) is 23.3 Å². The van der Waals surface area contributed by atoms with E-state index in [1.54, 1.807) is 24.3 Å². The van der Waals surface area contributed by atoms with Gasteiger partial charge in [-0.3, -0.25) is 19.2 Å². The van der Waals surface area contributed by atoms with Crippen molar-refractivity contribution in [2.24, 2.45) is 0 Å². The molecule has 1 atom stereocenters. The third-order valence-corrected chi connectivity index (χ3v) is 7.31. The highest BCUT2D eigenvalue weighted by Crippen LogP contribution is 2.48. The van der Waals surface area contributed by atoms with Crippen LogP contribution in [0.1, 0.15) is 42.1 Å². The molecule has 48 heavy (non-hydrogen) atoms. The maximum atomic E-state index is 13.6. The van der Waals surface area contributed by atoms with Gasteiger partial charge in [0.2, 0.25) is 11.9 Å². The molecule has 1 aromatic heterocycles. The first kappa shape index (κ1) is 35.7. The third-order valence-electron chi connectivity index (χ3n) is 7.06. The highest BCUT2D eigenvalue weighted by molar-refractivity contribution is 6.34. The topological polar surface area (TPSA) is 177 Å². The molecule has 256 valence electrons. The Morgan fingerprint density at radius 2 is 1.65 bits per heavy atom. The van der Waals surface area contributed by atoms with Crippen molar-refractivity contribution in [3.63, 3.8) is 0 Å². The Balaban J connectivity index is 1.47. The van der Waals surface area contributed by atoms with Crippen LogP contribution in [-0.2, 0) is 24.7 Å². The number of amides is 3. The average Bonchev–Trinajstić information content (AvgIpc) is 3.82. The molecule has 0 aliphatic heterocycles. The molecule has 4 N–H and O–H groups in total. The van der Waals surface area contributed by atoms with Crippen LogP contribution in [-0.4, -0.2) is 89.9 Å². The Kier molecular flexibility index (Phi) is 11.3. The molecule has 1 unspecified atom stereocenters. The SMILES string of the molecule is COC(=O)CC(CNC(=O)C(=O)N(C)C)NC(=O)c1ccc(Nc2nc(NC3(c4ccc(Cl)cc4)CC3)nc(OCC(C)(F)F)n2)cc1. The molecule has 17 heteroatoms. The van der Waals surface area contributed by atoms with E-state index in [1.165, 1.54) is 33.3 Å². The van der Waals surface area contributed by atoms with Gasteiger partial charge in [0, 0.05) is 43.8 Å². The summed E-state index contributed by atoms with van der Waals surface area (Å²) >= 11 is 6.04. The molecule has 0 spiro atoms. The summed E-state index contributed by atoms with van der Waals surface area (Å²) in [6, 6.07) is 12.2. The molecule has 3 amide bonds. The lowest BCUT2D eigenvalue weighted by molar-refractivity contribution is -0.144. The molecule has 1 saturated carbocycles. The number of ether oxygens (including phenoxy) is 2. The minimum absolute atomic E-state index is 0.00724. The van der Waals surface area contributed by atoms with Crippen molar-refractivity contribution in [3.05, 3.63) is 64.7 Å². The predicted octanol–water partition coefficient (Wildman–Crippen LogP) is 3.27. The van der Waals surface area contributed by atoms with Gasteiger partial charge in [-0.05, 0) is 54.8 Å². The number of benzene rings is 2. The number of hydrogen-bond donors (Lipinski definition) is 4. The van der Waals surface area contributed by atoms with Crippen LogP contribution in [0.5, 0.6) is 6.01 Å². The van der Waals surface area contributed by atoms with E-state index in [4.69, 9.17) is 16.3 Å². The standard InChI is InChI=1S/C31H35ClF2N8O6/c1-30(33,34)17-48-29-39-27(38-28(40-29)41-31(13-14-31)19-7-9-20(32)10-8-19)37-21-11-5-18(6-12-21)24(44)36-22(15-23(43)47-4)16-35-25(45)26(46)42(2)3/h5-12,22H,13-17H2,1-4H3,(H,35,45)(H,36,44)(H2,37,38,39,40,41). The van der Waals surface area contributed by atoms with Crippen molar-refractivity contribution in [2.45, 2.75) is 43.7 Å². The van der Waals surface area contributed by atoms with E-state index in [-0.39, 0.29) is 36.4 Å². The van der Waals surface area contributed by atoms with Gasteiger partial charge in [-0.2, -0.15) is 15.0 Å². The number of methoxy groups -OCH3 is 1. The zero-order chi connectivity index (χ0) is 35.1. The fourth-order valence-electron chi connectivity index (χ4n) is 4.37. The van der Waals surface area contributed by atoms with Crippen LogP contribution in [0.15, 0.2) is 48.5 Å². The second kappa shape index (κ2) is 15.2. The molecule has 3 aromatic rings. The number of carbonyl (C=O) groups is 4. The Hall–Kier alpha value is -5.12. The van der Waals surface area contributed by atoms with Crippen LogP contribution in [0, 0.1) is 0 Å². The minimum atomic E-state index is -3.13. The summed E-state index contributed by atoms with van der Waals surface area (Å²) in [5.41, 5.74) is 1.13. The maximum absolute atomic E-state index is 13.6. The minimum Gasteiger partial charge on any atom is -0.469 e. The number of rotatable bonds is 14. The molecule has 0 bridgehead atoms. The summed E-state index contributed by atoms with van der Waals surface area (Å²) in [7, 11) is 4.01. The summed E-state index contributed by atoms with van der Waals surface area (Å²) in [6.45, 7) is -0.444. The number of aromatic nitrogens is 3. The van der Waals surface area contributed by atoms with E-state index in [0.29, 0.717) is 17.6 Å². The summed E-state index contributed by atoms with van der Waals surface area (Å²) in [5.74, 6) is -5.93. The fraction of sp³-hybridized carbons (Fsp3) is 0.387. The number of likely N-dealkylation sites (N-methyl/N-ethyl adjacent to an activating group) is 1. The highest BCUT2D eigenvalue weighted by atomic mass is 35.5. The zero-order valence-electron chi connectivity index (χ0n) is 26.6. The summed E-state index contributed by atoms with van der Waals surface area (Å²) < 4.78 is 37.0. The van der Waals surface area contributed by atoms with Gasteiger partial charge in [0.25, 0.3) is 11.8 Å². The Morgan fingerprint density at radius 1 is 1.00 bits per heavy atom. The van der Waals surface area contributed by atoms with Gasteiger partial charge in [-0.25, -0.2) is 8.78 Å². The molecule has 2 aromatic carbocycles.